The lowest BCUT2D eigenvalue weighted by Gasteiger charge is -2.21. The molecule has 18 heavy (non-hydrogen) atoms. The van der Waals surface area contributed by atoms with E-state index in [-0.39, 0.29) is 12.1 Å². The number of fused-ring (bicyclic) bond motifs is 1. The van der Waals surface area contributed by atoms with E-state index in [0.29, 0.717) is 5.69 Å². The fourth-order valence-electron chi connectivity index (χ4n) is 2.58. The van der Waals surface area contributed by atoms with Crippen molar-refractivity contribution >= 4 is 16.9 Å². The van der Waals surface area contributed by atoms with Gasteiger partial charge in [-0.25, -0.2) is 4.79 Å². The summed E-state index contributed by atoms with van der Waals surface area (Å²) in [5.41, 5.74) is 1.54. The molecule has 0 atom stereocenters. The van der Waals surface area contributed by atoms with Crippen molar-refractivity contribution in [3.8, 4) is 0 Å². The quantitative estimate of drug-likeness (QED) is 0.818. The van der Waals surface area contributed by atoms with Crippen LogP contribution in [0.5, 0.6) is 0 Å². The van der Waals surface area contributed by atoms with Gasteiger partial charge in [0.2, 0.25) is 0 Å². The second-order valence-electron chi connectivity index (χ2n) is 4.94. The Labute approximate surface area is 106 Å². The highest BCUT2D eigenvalue weighted by Gasteiger charge is 2.19. The van der Waals surface area contributed by atoms with Crippen LogP contribution in [0.15, 0.2) is 30.3 Å². The molecule has 1 aromatic heterocycles. The maximum absolute atomic E-state index is 12.0. The van der Waals surface area contributed by atoms with Crippen molar-refractivity contribution in [2.75, 3.05) is 0 Å². The molecule has 3 rings (SSSR count). The lowest BCUT2D eigenvalue weighted by atomic mass is 9.98. The van der Waals surface area contributed by atoms with Gasteiger partial charge in [0.25, 0.3) is 0 Å². The average molecular weight is 243 g/mol. The number of carbonyl (C=O) groups excluding carboxylic acids is 1. The van der Waals surface area contributed by atoms with Gasteiger partial charge in [-0.3, -0.25) is 0 Å². The predicted octanol–water partition coefficient (Wildman–Crippen LogP) is 3.66. The molecule has 1 aromatic carbocycles. The van der Waals surface area contributed by atoms with Crippen molar-refractivity contribution < 1.29 is 9.53 Å². The first kappa shape index (κ1) is 11.3. The van der Waals surface area contributed by atoms with Crippen LogP contribution >= 0.6 is 0 Å². The minimum Gasteiger partial charge on any atom is -0.458 e. The number of benzene rings is 1. The number of hydrogen-bond acceptors (Lipinski definition) is 2. The number of aromatic nitrogens is 1. The molecule has 3 nitrogen and oxygen atoms in total. The number of para-hydroxylation sites is 1. The lowest BCUT2D eigenvalue weighted by molar-refractivity contribution is 0.0205. The normalized spacial score (nSPS) is 16.9. The van der Waals surface area contributed by atoms with Gasteiger partial charge in [0.15, 0.2) is 0 Å². The Morgan fingerprint density at radius 1 is 1.17 bits per heavy atom. The van der Waals surface area contributed by atoms with Gasteiger partial charge in [-0.05, 0) is 37.8 Å². The van der Waals surface area contributed by atoms with Crippen LogP contribution in [0.2, 0.25) is 0 Å². The zero-order valence-corrected chi connectivity index (χ0v) is 10.3. The highest BCUT2D eigenvalue weighted by Crippen LogP contribution is 2.22. The van der Waals surface area contributed by atoms with Gasteiger partial charge in [0.05, 0.1) is 0 Å². The third-order valence-electron chi connectivity index (χ3n) is 3.58. The number of ether oxygens (including phenoxy) is 1. The van der Waals surface area contributed by atoms with E-state index in [4.69, 9.17) is 4.74 Å². The van der Waals surface area contributed by atoms with E-state index in [1.165, 1.54) is 19.3 Å². The van der Waals surface area contributed by atoms with E-state index >= 15 is 0 Å². The molecule has 1 saturated carbocycles. The van der Waals surface area contributed by atoms with Crippen LogP contribution in [0, 0.1) is 0 Å². The van der Waals surface area contributed by atoms with Gasteiger partial charge in [0, 0.05) is 10.9 Å². The summed E-state index contributed by atoms with van der Waals surface area (Å²) >= 11 is 0. The number of hydrogen-bond donors (Lipinski definition) is 1. The number of H-pyrrole nitrogens is 1. The van der Waals surface area contributed by atoms with Crippen LogP contribution < -0.4 is 0 Å². The highest BCUT2D eigenvalue weighted by molar-refractivity contribution is 5.94. The number of rotatable bonds is 2. The van der Waals surface area contributed by atoms with Crippen molar-refractivity contribution in [2.45, 2.75) is 38.2 Å². The second-order valence-corrected chi connectivity index (χ2v) is 4.94. The van der Waals surface area contributed by atoms with E-state index in [1.54, 1.807) is 0 Å². The summed E-state index contributed by atoms with van der Waals surface area (Å²) in [6, 6.07) is 9.73. The first-order valence-corrected chi connectivity index (χ1v) is 6.62. The largest absolute Gasteiger partial charge is 0.458 e. The molecule has 3 heteroatoms. The fraction of sp³-hybridized carbons (Fsp3) is 0.400. The van der Waals surface area contributed by atoms with Crippen molar-refractivity contribution in [1.29, 1.82) is 0 Å². The number of carbonyl (C=O) groups is 1. The second kappa shape index (κ2) is 4.84. The Morgan fingerprint density at radius 3 is 2.72 bits per heavy atom. The van der Waals surface area contributed by atoms with Crippen LogP contribution in [-0.2, 0) is 4.74 Å². The summed E-state index contributed by atoms with van der Waals surface area (Å²) < 4.78 is 5.54. The number of nitrogens with one attached hydrogen (secondary N) is 1. The monoisotopic (exact) mass is 243 g/mol. The van der Waals surface area contributed by atoms with E-state index < -0.39 is 0 Å². The zero-order valence-electron chi connectivity index (χ0n) is 10.3. The lowest BCUT2D eigenvalue weighted by Crippen LogP contribution is -2.21. The molecule has 1 heterocycles. The van der Waals surface area contributed by atoms with Gasteiger partial charge in [-0.2, -0.15) is 0 Å². The van der Waals surface area contributed by atoms with Gasteiger partial charge < -0.3 is 9.72 Å². The van der Waals surface area contributed by atoms with Crippen LogP contribution in [-0.4, -0.2) is 17.1 Å². The van der Waals surface area contributed by atoms with E-state index in [1.807, 2.05) is 30.3 Å². The zero-order chi connectivity index (χ0) is 12.4. The van der Waals surface area contributed by atoms with Crippen LogP contribution in [0.4, 0.5) is 0 Å². The maximum Gasteiger partial charge on any atom is 0.355 e. The van der Waals surface area contributed by atoms with Crippen LogP contribution in [0.1, 0.15) is 42.6 Å². The van der Waals surface area contributed by atoms with Crippen molar-refractivity contribution in [1.82, 2.24) is 4.98 Å². The van der Waals surface area contributed by atoms with E-state index in [2.05, 4.69) is 4.98 Å². The summed E-state index contributed by atoms with van der Waals surface area (Å²) in [5.74, 6) is -0.224. The Bertz CT molecular complexity index is 519. The van der Waals surface area contributed by atoms with Crippen LogP contribution in [0.3, 0.4) is 0 Å². The van der Waals surface area contributed by atoms with Crippen LogP contribution in [0.25, 0.3) is 10.9 Å². The third kappa shape index (κ3) is 2.26. The smallest absolute Gasteiger partial charge is 0.355 e. The summed E-state index contributed by atoms with van der Waals surface area (Å²) in [7, 11) is 0. The Morgan fingerprint density at radius 2 is 1.94 bits per heavy atom. The Balaban J connectivity index is 1.74. The minimum atomic E-state index is -0.224. The molecule has 2 aromatic rings. The van der Waals surface area contributed by atoms with Gasteiger partial charge >= 0.3 is 5.97 Å². The summed E-state index contributed by atoms with van der Waals surface area (Å²) in [6.45, 7) is 0. The molecular formula is C15H17NO2. The third-order valence-corrected chi connectivity index (χ3v) is 3.58. The molecule has 1 aliphatic rings. The Kier molecular flexibility index (Phi) is 3.05. The van der Waals surface area contributed by atoms with Gasteiger partial charge in [-0.15, -0.1) is 0 Å². The highest BCUT2D eigenvalue weighted by atomic mass is 16.5. The van der Waals surface area contributed by atoms with Gasteiger partial charge in [-0.1, -0.05) is 24.6 Å². The number of esters is 1. The van der Waals surface area contributed by atoms with Gasteiger partial charge in [0.1, 0.15) is 11.8 Å². The summed E-state index contributed by atoms with van der Waals surface area (Å²) in [4.78, 5) is 15.1. The minimum absolute atomic E-state index is 0.109. The molecule has 0 bridgehead atoms. The first-order valence-electron chi connectivity index (χ1n) is 6.62. The van der Waals surface area contributed by atoms with Crippen molar-refractivity contribution in [3.63, 3.8) is 0 Å². The fourth-order valence-corrected chi connectivity index (χ4v) is 2.58. The summed E-state index contributed by atoms with van der Waals surface area (Å²) in [6.07, 6.45) is 5.73. The molecule has 0 aliphatic heterocycles. The molecule has 0 saturated heterocycles. The van der Waals surface area contributed by atoms with Crippen molar-refractivity contribution in [2.24, 2.45) is 0 Å². The molecule has 1 N–H and O–H groups in total. The predicted molar refractivity (Wildman–Crippen MR) is 70.6 cm³/mol. The number of aromatic amines is 1. The topological polar surface area (TPSA) is 42.1 Å². The molecule has 0 unspecified atom stereocenters. The molecule has 0 amide bonds. The SMILES string of the molecule is O=C(OC1CCCCC1)c1cc2ccccc2[nH]1. The summed E-state index contributed by atoms with van der Waals surface area (Å²) in [5, 5.41) is 1.05. The maximum atomic E-state index is 12.0. The van der Waals surface area contributed by atoms with E-state index in [0.717, 1.165) is 23.7 Å². The molecule has 0 spiro atoms. The standard InChI is InChI=1S/C15H17NO2/c17-15(18-12-7-2-1-3-8-12)14-10-11-6-4-5-9-13(11)16-14/h4-6,9-10,12,16H,1-3,7-8H2. The first-order chi connectivity index (χ1) is 8.83. The Hall–Kier alpha value is -1.77. The molecule has 1 aliphatic carbocycles. The molecule has 0 radical (unpaired) electrons. The average Bonchev–Trinajstić information content (AvgIpc) is 2.84. The molecule has 1 fully saturated rings. The van der Waals surface area contributed by atoms with Crippen molar-refractivity contribution in [3.05, 3.63) is 36.0 Å². The van der Waals surface area contributed by atoms with E-state index in [9.17, 15) is 4.79 Å². The molecule has 94 valence electrons. The molecular weight excluding hydrogens is 226 g/mol.